The van der Waals surface area contributed by atoms with Crippen LogP contribution in [-0.2, 0) is 4.79 Å². The fourth-order valence-corrected chi connectivity index (χ4v) is 4.15. The van der Waals surface area contributed by atoms with E-state index in [4.69, 9.17) is 4.74 Å². The minimum atomic E-state index is -0.239. The van der Waals surface area contributed by atoms with Gasteiger partial charge in [0.05, 0.1) is 17.3 Å². The van der Waals surface area contributed by atoms with Crippen LogP contribution in [0.1, 0.15) is 57.7 Å². The second-order valence-electron chi connectivity index (χ2n) is 8.22. The van der Waals surface area contributed by atoms with Crippen LogP contribution in [0.15, 0.2) is 42.3 Å². The Morgan fingerprint density at radius 2 is 1.79 bits per heavy atom. The molecule has 3 atom stereocenters. The van der Waals surface area contributed by atoms with E-state index < -0.39 is 0 Å². The van der Waals surface area contributed by atoms with Crippen LogP contribution in [0, 0.1) is 13.8 Å². The molecule has 3 heterocycles. The predicted molar refractivity (Wildman–Crippen MR) is 128 cm³/mol. The lowest BCUT2D eigenvalue weighted by Crippen LogP contribution is -2.49. The quantitative estimate of drug-likeness (QED) is 0.623. The summed E-state index contributed by atoms with van der Waals surface area (Å²) in [4.78, 5) is 33.3. The Bertz CT molecular complexity index is 1000. The van der Waals surface area contributed by atoms with Crippen molar-refractivity contribution in [3.8, 4) is 6.01 Å². The molecule has 2 aromatic heterocycles. The Morgan fingerprint density at radius 3 is 2.36 bits per heavy atom. The van der Waals surface area contributed by atoms with Crippen LogP contribution in [-0.4, -0.2) is 55.5 Å². The molecule has 176 valence electrons. The zero-order chi connectivity index (χ0) is 24.0. The van der Waals surface area contributed by atoms with E-state index in [1.807, 2.05) is 50.8 Å². The second kappa shape index (κ2) is 11.0. The van der Waals surface area contributed by atoms with Crippen molar-refractivity contribution in [2.45, 2.75) is 72.6 Å². The molecule has 3 rings (SSSR count). The molecule has 0 aromatic carbocycles. The monoisotopic (exact) mass is 450 g/mol. The maximum absolute atomic E-state index is 13.8. The third-order valence-corrected chi connectivity index (χ3v) is 5.68. The lowest BCUT2D eigenvalue weighted by molar-refractivity contribution is -0.131. The molecule has 8 heteroatoms. The number of nitrogens with zero attached hydrogens (tertiary/aromatic N) is 5. The first-order chi connectivity index (χ1) is 15.9. The van der Waals surface area contributed by atoms with Crippen molar-refractivity contribution in [2.75, 3.05) is 6.54 Å². The molecular formula is C25H34N6O2. The zero-order valence-corrected chi connectivity index (χ0v) is 20.4. The summed E-state index contributed by atoms with van der Waals surface area (Å²) in [7, 11) is 0. The number of carbonyl (C=O) groups is 1. The maximum Gasteiger partial charge on any atom is 0.317 e. The number of dihydropyridines is 1. The van der Waals surface area contributed by atoms with Crippen LogP contribution in [0.25, 0.3) is 5.70 Å². The summed E-state index contributed by atoms with van der Waals surface area (Å²) in [6, 6.07) is 3.96. The van der Waals surface area contributed by atoms with Gasteiger partial charge in [-0.25, -0.2) is 19.9 Å². The molecule has 1 aliphatic heterocycles. The molecule has 0 bridgehead atoms. The lowest BCUT2D eigenvalue weighted by atomic mass is 10.00. The van der Waals surface area contributed by atoms with Gasteiger partial charge in [0.25, 0.3) is 5.91 Å². The van der Waals surface area contributed by atoms with E-state index in [1.54, 1.807) is 18.5 Å². The molecule has 0 spiro atoms. The Labute approximate surface area is 196 Å². The van der Waals surface area contributed by atoms with Crippen molar-refractivity contribution in [3.63, 3.8) is 0 Å². The molecule has 2 aromatic rings. The first-order valence-electron chi connectivity index (χ1n) is 11.6. The van der Waals surface area contributed by atoms with Crippen LogP contribution in [0.2, 0.25) is 0 Å². The van der Waals surface area contributed by atoms with Crippen LogP contribution >= 0.6 is 0 Å². The van der Waals surface area contributed by atoms with Gasteiger partial charge in [0.15, 0.2) is 5.82 Å². The largest absolute Gasteiger partial charge is 0.458 e. The smallest absolute Gasteiger partial charge is 0.317 e. The summed E-state index contributed by atoms with van der Waals surface area (Å²) < 4.78 is 6.24. The minimum Gasteiger partial charge on any atom is -0.458 e. The number of ether oxygens (including phenoxy) is 1. The summed E-state index contributed by atoms with van der Waals surface area (Å²) in [5, 5.41) is 3.36. The highest BCUT2D eigenvalue weighted by molar-refractivity contribution is 6.03. The summed E-state index contributed by atoms with van der Waals surface area (Å²) in [6.07, 6.45) is 8.43. The number of carbonyl (C=O) groups excluding carboxylic acids is 1. The van der Waals surface area contributed by atoms with Crippen molar-refractivity contribution in [3.05, 3.63) is 59.5 Å². The first kappa shape index (κ1) is 24.4. The molecule has 1 aliphatic rings. The number of rotatable bonds is 9. The predicted octanol–water partition coefficient (Wildman–Crippen LogP) is 3.63. The van der Waals surface area contributed by atoms with Crippen molar-refractivity contribution >= 4 is 11.6 Å². The van der Waals surface area contributed by atoms with Crippen LogP contribution in [0.5, 0.6) is 6.01 Å². The fraction of sp³-hybridized carbons (Fsp3) is 0.480. The number of nitrogens with one attached hydrogen (secondary N) is 1. The number of amides is 1. The molecule has 1 N–H and O–H groups in total. The van der Waals surface area contributed by atoms with Gasteiger partial charge in [0.1, 0.15) is 6.10 Å². The van der Waals surface area contributed by atoms with Gasteiger partial charge in [-0.15, -0.1) is 0 Å². The first-order valence-corrected chi connectivity index (χ1v) is 11.6. The number of aromatic nitrogens is 4. The molecule has 8 nitrogen and oxygen atoms in total. The van der Waals surface area contributed by atoms with Crippen LogP contribution in [0.3, 0.4) is 0 Å². The third kappa shape index (κ3) is 5.74. The van der Waals surface area contributed by atoms with Gasteiger partial charge >= 0.3 is 6.01 Å². The average Bonchev–Trinajstić information content (AvgIpc) is 2.80. The lowest BCUT2D eigenvalue weighted by Gasteiger charge is -2.36. The van der Waals surface area contributed by atoms with E-state index in [-0.39, 0.29) is 24.1 Å². The molecule has 0 saturated heterocycles. The van der Waals surface area contributed by atoms with Gasteiger partial charge in [-0.1, -0.05) is 19.9 Å². The summed E-state index contributed by atoms with van der Waals surface area (Å²) in [5.41, 5.74) is 2.91. The van der Waals surface area contributed by atoms with Gasteiger partial charge in [-0.05, 0) is 58.7 Å². The van der Waals surface area contributed by atoms with Crippen molar-refractivity contribution in [1.29, 1.82) is 0 Å². The van der Waals surface area contributed by atoms with E-state index in [0.717, 1.165) is 24.2 Å². The Kier molecular flexibility index (Phi) is 8.14. The minimum absolute atomic E-state index is 0.0748. The number of aryl methyl sites for hydroxylation is 2. The van der Waals surface area contributed by atoms with Gasteiger partial charge in [-0.2, -0.15) is 0 Å². The SMILES string of the molecule is CCC(Oc1nc(C)cc(C)n1)C(CC)N(CC)C(=O)C1=C(c2ncccn2)NC(C)C=C1. The highest BCUT2D eigenvalue weighted by atomic mass is 16.5. The topological polar surface area (TPSA) is 93.1 Å². The Balaban J connectivity index is 1.94. The number of hydrogen-bond donors (Lipinski definition) is 1. The van der Waals surface area contributed by atoms with Gasteiger partial charge in [0.2, 0.25) is 0 Å². The molecule has 3 unspecified atom stereocenters. The van der Waals surface area contributed by atoms with Crippen molar-refractivity contribution in [2.24, 2.45) is 0 Å². The molecule has 0 saturated carbocycles. The van der Waals surface area contributed by atoms with E-state index in [1.165, 1.54) is 0 Å². The Hall–Kier alpha value is -3.29. The van der Waals surface area contributed by atoms with Gasteiger partial charge < -0.3 is 15.0 Å². The van der Waals surface area contributed by atoms with Crippen molar-refractivity contribution < 1.29 is 9.53 Å². The van der Waals surface area contributed by atoms with E-state index in [9.17, 15) is 4.79 Å². The average molecular weight is 451 g/mol. The Morgan fingerprint density at radius 1 is 1.12 bits per heavy atom. The summed E-state index contributed by atoms with van der Waals surface area (Å²) in [5.74, 6) is 0.430. The maximum atomic E-state index is 13.8. The van der Waals surface area contributed by atoms with Crippen LogP contribution < -0.4 is 10.1 Å². The third-order valence-electron chi connectivity index (χ3n) is 5.68. The number of hydrogen-bond acceptors (Lipinski definition) is 7. The highest BCUT2D eigenvalue weighted by Gasteiger charge is 2.33. The van der Waals surface area contributed by atoms with E-state index in [2.05, 4.69) is 39.1 Å². The molecule has 0 radical (unpaired) electrons. The summed E-state index contributed by atoms with van der Waals surface area (Å²) in [6.45, 7) is 12.5. The molecule has 1 amide bonds. The van der Waals surface area contributed by atoms with E-state index in [0.29, 0.717) is 29.6 Å². The van der Waals surface area contributed by atoms with Gasteiger partial charge in [0, 0.05) is 36.4 Å². The van der Waals surface area contributed by atoms with Crippen molar-refractivity contribution in [1.82, 2.24) is 30.2 Å². The van der Waals surface area contributed by atoms with Gasteiger partial charge in [-0.3, -0.25) is 4.79 Å². The molecule has 0 aliphatic carbocycles. The fourth-order valence-electron chi connectivity index (χ4n) is 4.15. The van der Waals surface area contributed by atoms with E-state index >= 15 is 0 Å². The second-order valence-corrected chi connectivity index (χ2v) is 8.22. The zero-order valence-electron chi connectivity index (χ0n) is 20.4. The molecule has 33 heavy (non-hydrogen) atoms. The normalized spacial score (nSPS) is 17.3. The van der Waals surface area contributed by atoms with Crippen LogP contribution in [0.4, 0.5) is 0 Å². The molecule has 0 fully saturated rings. The highest BCUT2D eigenvalue weighted by Crippen LogP contribution is 2.25. The summed E-state index contributed by atoms with van der Waals surface area (Å²) >= 11 is 0. The molecular weight excluding hydrogens is 416 g/mol. The number of likely N-dealkylation sites (N-methyl/N-ethyl adjacent to an activating group) is 1. The standard InChI is InChI=1S/C25H34N6O2/c1-7-20(21(8-2)33-25-29-17(5)15-18(6)30-25)31(9-3)24(32)19-12-11-16(4)28-22(19)23-26-13-10-14-27-23/h10-16,20-21,28H,7-9H2,1-6H3.